The van der Waals surface area contributed by atoms with Gasteiger partial charge in [0.15, 0.2) is 0 Å². The van der Waals surface area contributed by atoms with E-state index in [0.717, 1.165) is 5.04 Å². The third kappa shape index (κ3) is 1.80. The van der Waals surface area contributed by atoms with E-state index in [0.29, 0.717) is 12.4 Å². The second-order valence-corrected chi connectivity index (χ2v) is 2.67. The van der Waals surface area contributed by atoms with Gasteiger partial charge in [0, 0.05) is 7.11 Å². The smallest absolute Gasteiger partial charge is 0.256 e. The van der Waals surface area contributed by atoms with Gasteiger partial charge >= 0.3 is 0 Å². The summed E-state index contributed by atoms with van der Waals surface area (Å²) >= 11 is 1.45. The number of hydrogen-bond donors (Lipinski definition) is 0. The Bertz CT molecular complexity index is 155. The van der Waals surface area contributed by atoms with Crippen molar-refractivity contribution in [1.29, 1.82) is 0 Å². The van der Waals surface area contributed by atoms with Crippen molar-refractivity contribution in [2.45, 2.75) is 0 Å². The highest BCUT2D eigenvalue weighted by Crippen LogP contribution is 2.12. The zero-order valence-corrected chi connectivity index (χ0v) is 5.90. The van der Waals surface area contributed by atoms with E-state index < -0.39 is 0 Å². The first-order valence-corrected chi connectivity index (χ1v) is 3.53. The van der Waals surface area contributed by atoms with Crippen LogP contribution in [0.3, 0.4) is 0 Å². The van der Waals surface area contributed by atoms with Crippen molar-refractivity contribution in [1.82, 2.24) is 0 Å². The molecule has 0 unspecified atom stereocenters. The van der Waals surface area contributed by atoms with E-state index in [2.05, 4.69) is 4.99 Å². The first kappa shape index (κ1) is 6.77. The van der Waals surface area contributed by atoms with E-state index in [4.69, 9.17) is 4.74 Å². The molecular weight excluding hydrogens is 138 g/mol. The number of nitrogens with zero attached hydrogens (tertiary/aromatic N) is 1. The Morgan fingerprint density at radius 2 is 2.67 bits per heavy atom. The molecule has 0 aliphatic carbocycles. The maximum absolute atomic E-state index is 10.5. The molecule has 0 radical (unpaired) electrons. The van der Waals surface area contributed by atoms with E-state index in [1.54, 1.807) is 7.11 Å². The Morgan fingerprint density at radius 1 is 1.89 bits per heavy atom. The van der Waals surface area contributed by atoms with Crippen molar-refractivity contribution < 1.29 is 9.53 Å². The Labute approximate surface area is 57.5 Å². The molecule has 0 aromatic heterocycles. The van der Waals surface area contributed by atoms with E-state index >= 15 is 0 Å². The molecule has 3 nitrogen and oxygen atoms in total. The summed E-state index contributed by atoms with van der Waals surface area (Å²) in [6.45, 7) is 0.469. The fourth-order valence-corrected chi connectivity index (χ4v) is 1.27. The summed E-state index contributed by atoms with van der Waals surface area (Å²) in [6.07, 6.45) is 0. The van der Waals surface area contributed by atoms with Crippen molar-refractivity contribution in [3.63, 3.8) is 0 Å². The third-order valence-corrected chi connectivity index (χ3v) is 1.81. The highest BCUT2D eigenvalue weighted by molar-refractivity contribution is 8.15. The number of amides is 1. The van der Waals surface area contributed by atoms with Gasteiger partial charge in [-0.05, 0) is 0 Å². The molecule has 1 aliphatic rings. The minimum Gasteiger partial charge on any atom is -0.378 e. The van der Waals surface area contributed by atoms with Crippen LogP contribution in [0.15, 0.2) is 4.99 Å². The van der Waals surface area contributed by atoms with Crippen molar-refractivity contribution in [3.05, 3.63) is 0 Å². The average Bonchev–Trinajstić information content (AvgIpc) is 2.17. The highest BCUT2D eigenvalue weighted by atomic mass is 32.2. The van der Waals surface area contributed by atoms with Crippen molar-refractivity contribution in [2.75, 3.05) is 19.5 Å². The monoisotopic (exact) mass is 145 g/mol. The fourth-order valence-electron chi connectivity index (χ4n) is 0.546. The van der Waals surface area contributed by atoms with Crippen LogP contribution in [0.1, 0.15) is 0 Å². The topological polar surface area (TPSA) is 38.7 Å². The molecule has 0 saturated heterocycles. The van der Waals surface area contributed by atoms with Gasteiger partial charge in [-0.2, -0.15) is 0 Å². The molecule has 0 spiro atoms. The van der Waals surface area contributed by atoms with E-state index in [1.807, 2.05) is 0 Å². The van der Waals surface area contributed by atoms with E-state index in [1.165, 1.54) is 11.8 Å². The predicted molar refractivity (Wildman–Crippen MR) is 36.8 cm³/mol. The zero-order valence-electron chi connectivity index (χ0n) is 5.09. The number of ether oxygens (including phenoxy) is 1. The molecule has 50 valence electrons. The van der Waals surface area contributed by atoms with Gasteiger partial charge in [-0.3, -0.25) is 4.79 Å². The quantitative estimate of drug-likeness (QED) is 0.561. The maximum Gasteiger partial charge on any atom is 0.256 e. The molecule has 9 heavy (non-hydrogen) atoms. The Balaban J connectivity index is 2.42. The van der Waals surface area contributed by atoms with E-state index in [-0.39, 0.29) is 5.91 Å². The summed E-state index contributed by atoms with van der Waals surface area (Å²) in [5, 5.41) is 0.794. The van der Waals surface area contributed by atoms with Gasteiger partial charge in [-0.15, -0.1) is 0 Å². The third-order valence-electron chi connectivity index (χ3n) is 0.879. The summed E-state index contributed by atoms with van der Waals surface area (Å²) < 4.78 is 4.77. The molecular formula is C5H7NO2S. The summed E-state index contributed by atoms with van der Waals surface area (Å²) in [5.41, 5.74) is 0. The second-order valence-electron chi connectivity index (χ2n) is 1.62. The van der Waals surface area contributed by atoms with Crippen LogP contribution in [0.2, 0.25) is 0 Å². The molecule has 1 aliphatic heterocycles. The molecule has 0 atom stereocenters. The summed E-state index contributed by atoms with van der Waals surface area (Å²) in [6, 6.07) is 0. The number of hydrogen-bond acceptors (Lipinski definition) is 3. The van der Waals surface area contributed by atoms with Crippen LogP contribution in [-0.4, -0.2) is 30.4 Å². The van der Waals surface area contributed by atoms with Gasteiger partial charge < -0.3 is 4.74 Å². The molecule has 0 aromatic rings. The van der Waals surface area contributed by atoms with Gasteiger partial charge in [-0.1, -0.05) is 11.8 Å². The molecule has 0 aromatic carbocycles. The summed E-state index contributed by atoms with van der Waals surface area (Å²) in [4.78, 5) is 14.2. The van der Waals surface area contributed by atoms with Crippen LogP contribution in [0.4, 0.5) is 0 Å². The summed E-state index contributed by atoms with van der Waals surface area (Å²) in [5.74, 6) is 0.436. The molecule has 0 N–H and O–H groups in total. The minimum absolute atomic E-state index is 0.0490. The highest BCUT2D eigenvalue weighted by Gasteiger charge is 2.13. The molecule has 1 amide bonds. The van der Waals surface area contributed by atoms with Gasteiger partial charge in [0.2, 0.25) is 0 Å². The molecule has 0 fully saturated rings. The van der Waals surface area contributed by atoms with Crippen molar-refractivity contribution in [3.8, 4) is 0 Å². The Kier molecular flexibility index (Phi) is 2.24. The predicted octanol–water partition coefficient (Wildman–Crippen LogP) is 0.305. The summed E-state index contributed by atoms with van der Waals surface area (Å²) in [7, 11) is 1.59. The Hall–Kier alpha value is -0.350. The van der Waals surface area contributed by atoms with Crippen LogP contribution in [0, 0.1) is 0 Å². The van der Waals surface area contributed by atoms with E-state index in [9.17, 15) is 4.79 Å². The van der Waals surface area contributed by atoms with Gasteiger partial charge in [0.05, 0.1) is 12.4 Å². The fraction of sp³-hybridized carbons (Fsp3) is 0.600. The number of carbonyl (C=O) groups is 1. The standard InChI is InChI=1S/C5H7NO2S/c1-8-2-5-6-4(7)3-9-5/h2-3H2,1H3. The van der Waals surface area contributed by atoms with Gasteiger partial charge in [0.1, 0.15) is 5.04 Å². The van der Waals surface area contributed by atoms with Crippen LogP contribution in [0.5, 0.6) is 0 Å². The Morgan fingerprint density at radius 3 is 3.11 bits per heavy atom. The van der Waals surface area contributed by atoms with Crippen LogP contribution in [0.25, 0.3) is 0 Å². The van der Waals surface area contributed by atoms with Gasteiger partial charge in [-0.25, -0.2) is 4.99 Å². The van der Waals surface area contributed by atoms with Crippen LogP contribution < -0.4 is 0 Å². The van der Waals surface area contributed by atoms with Crippen molar-refractivity contribution >= 4 is 22.7 Å². The second kappa shape index (κ2) is 2.98. The lowest BCUT2D eigenvalue weighted by Gasteiger charge is -1.92. The average molecular weight is 145 g/mol. The largest absolute Gasteiger partial charge is 0.378 e. The minimum atomic E-state index is -0.0490. The molecule has 0 saturated carbocycles. The number of aliphatic imine (C=N–C) groups is 1. The molecule has 1 rings (SSSR count). The number of methoxy groups -OCH3 is 1. The number of carbonyl (C=O) groups excluding carboxylic acids is 1. The normalized spacial score (nSPS) is 18.3. The van der Waals surface area contributed by atoms with Crippen LogP contribution >= 0.6 is 11.8 Å². The lowest BCUT2D eigenvalue weighted by atomic mass is 10.7. The maximum atomic E-state index is 10.5. The van der Waals surface area contributed by atoms with Crippen LogP contribution in [-0.2, 0) is 9.53 Å². The SMILES string of the molecule is COCC1=NC(=O)CS1. The lowest BCUT2D eigenvalue weighted by Crippen LogP contribution is -1.98. The number of thioether (sulfide) groups is 1. The van der Waals surface area contributed by atoms with Crippen molar-refractivity contribution in [2.24, 2.45) is 4.99 Å². The zero-order chi connectivity index (χ0) is 6.69. The number of rotatable bonds is 2. The molecule has 0 bridgehead atoms. The first-order valence-electron chi connectivity index (χ1n) is 2.55. The first-order chi connectivity index (χ1) is 4.33. The lowest BCUT2D eigenvalue weighted by molar-refractivity contribution is -0.115. The van der Waals surface area contributed by atoms with Gasteiger partial charge in [0.25, 0.3) is 5.91 Å². The molecule has 4 heteroatoms. The molecule has 1 heterocycles.